The number of benzene rings is 1. The molecule has 0 aliphatic carbocycles. The van der Waals surface area contributed by atoms with Crippen molar-refractivity contribution in [3.63, 3.8) is 0 Å². The standard InChI is InChI=1S/C10H12S.C2H6/c1-3-4-9-7-10(11)6-5-8(9)2;1-2/h3-7,11H,1-2H3;1-2H3/b4-3-;. The molecule has 0 aliphatic rings. The van der Waals surface area contributed by atoms with Crippen LogP contribution in [0.2, 0.25) is 0 Å². The minimum absolute atomic E-state index is 1.02. The van der Waals surface area contributed by atoms with Gasteiger partial charge in [0.25, 0.3) is 0 Å². The molecule has 0 radical (unpaired) electrons. The fourth-order valence-electron chi connectivity index (χ4n) is 0.987. The summed E-state index contributed by atoms with van der Waals surface area (Å²) in [6.45, 7) is 8.12. The summed E-state index contributed by atoms with van der Waals surface area (Å²) in [6, 6.07) is 6.15. The third-order valence-electron chi connectivity index (χ3n) is 1.61. The molecule has 13 heavy (non-hydrogen) atoms. The van der Waals surface area contributed by atoms with Gasteiger partial charge in [0.15, 0.2) is 0 Å². The Hall–Kier alpha value is -0.690. The number of allylic oxidation sites excluding steroid dienone is 1. The summed E-state index contributed by atoms with van der Waals surface area (Å²) in [5.41, 5.74) is 2.54. The summed E-state index contributed by atoms with van der Waals surface area (Å²) in [5.74, 6) is 0. The summed E-state index contributed by atoms with van der Waals surface area (Å²) in [6.07, 6.45) is 4.13. The van der Waals surface area contributed by atoms with Crippen molar-refractivity contribution in [3.8, 4) is 0 Å². The molecule has 0 amide bonds. The maximum Gasteiger partial charge on any atom is 0.00461 e. The van der Waals surface area contributed by atoms with E-state index < -0.39 is 0 Å². The van der Waals surface area contributed by atoms with Gasteiger partial charge in [0, 0.05) is 4.90 Å². The molecule has 1 aromatic rings. The molecule has 72 valence electrons. The van der Waals surface area contributed by atoms with Crippen molar-refractivity contribution < 1.29 is 0 Å². The first-order valence-electron chi connectivity index (χ1n) is 4.66. The van der Waals surface area contributed by atoms with Crippen molar-refractivity contribution in [3.05, 3.63) is 35.4 Å². The molecule has 0 aromatic heterocycles. The maximum atomic E-state index is 4.26. The number of aryl methyl sites for hydroxylation is 1. The van der Waals surface area contributed by atoms with E-state index in [1.165, 1.54) is 11.1 Å². The highest BCUT2D eigenvalue weighted by Crippen LogP contribution is 2.14. The zero-order valence-corrected chi connectivity index (χ0v) is 9.73. The van der Waals surface area contributed by atoms with Gasteiger partial charge in [-0.15, -0.1) is 12.6 Å². The fourth-order valence-corrected chi connectivity index (χ4v) is 1.20. The first kappa shape index (κ1) is 12.3. The van der Waals surface area contributed by atoms with Crippen LogP contribution in [-0.4, -0.2) is 0 Å². The highest BCUT2D eigenvalue weighted by molar-refractivity contribution is 7.80. The molecular formula is C12H18S. The highest BCUT2D eigenvalue weighted by atomic mass is 32.1. The van der Waals surface area contributed by atoms with Crippen molar-refractivity contribution in [2.75, 3.05) is 0 Å². The molecule has 0 saturated carbocycles. The van der Waals surface area contributed by atoms with Gasteiger partial charge < -0.3 is 0 Å². The van der Waals surface area contributed by atoms with Gasteiger partial charge in [-0.3, -0.25) is 0 Å². The minimum Gasteiger partial charge on any atom is -0.143 e. The van der Waals surface area contributed by atoms with Crippen LogP contribution < -0.4 is 0 Å². The molecule has 0 aliphatic heterocycles. The Bertz CT molecular complexity index is 274. The SMILES string of the molecule is C/C=C\c1cc(S)ccc1C.CC. The van der Waals surface area contributed by atoms with E-state index in [1.54, 1.807) is 0 Å². The maximum absolute atomic E-state index is 4.26. The largest absolute Gasteiger partial charge is 0.143 e. The highest BCUT2D eigenvalue weighted by Gasteiger charge is 1.92. The molecule has 1 heteroatoms. The van der Waals surface area contributed by atoms with Gasteiger partial charge in [0.1, 0.15) is 0 Å². The van der Waals surface area contributed by atoms with E-state index in [-0.39, 0.29) is 0 Å². The quantitative estimate of drug-likeness (QED) is 0.632. The van der Waals surface area contributed by atoms with E-state index >= 15 is 0 Å². The van der Waals surface area contributed by atoms with Gasteiger partial charge in [-0.05, 0) is 37.1 Å². The zero-order chi connectivity index (χ0) is 10.3. The van der Waals surface area contributed by atoms with Gasteiger partial charge in [0.2, 0.25) is 0 Å². The second-order valence-corrected chi connectivity index (χ2v) is 3.06. The lowest BCUT2D eigenvalue weighted by Gasteiger charge is -1.99. The smallest absolute Gasteiger partial charge is 0.00461 e. The predicted octanol–water partition coefficient (Wildman–Crippen LogP) is 4.34. The second kappa shape index (κ2) is 6.79. The monoisotopic (exact) mass is 194 g/mol. The van der Waals surface area contributed by atoms with Crippen LogP contribution in [0, 0.1) is 6.92 Å². The molecule has 0 atom stereocenters. The summed E-state index contributed by atoms with van der Waals surface area (Å²) < 4.78 is 0. The molecular weight excluding hydrogens is 176 g/mol. The molecule has 0 fully saturated rings. The van der Waals surface area contributed by atoms with E-state index in [1.807, 2.05) is 32.9 Å². The first-order valence-corrected chi connectivity index (χ1v) is 5.11. The number of hydrogen-bond acceptors (Lipinski definition) is 1. The third kappa shape index (κ3) is 4.18. The Labute approximate surface area is 87.1 Å². The van der Waals surface area contributed by atoms with Crippen molar-refractivity contribution in [1.29, 1.82) is 0 Å². The van der Waals surface area contributed by atoms with Crippen LogP contribution in [0.3, 0.4) is 0 Å². The van der Waals surface area contributed by atoms with Gasteiger partial charge >= 0.3 is 0 Å². The van der Waals surface area contributed by atoms with Gasteiger partial charge in [-0.2, -0.15) is 0 Å². The van der Waals surface area contributed by atoms with Crippen molar-refractivity contribution in [2.24, 2.45) is 0 Å². The summed E-state index contributed by atoms with van der Waals surface area (Å²) in [7, 11) is 0. The normalized spacial score (nSPS) is 9.62. The molecule has 0 N–H and O–H groups in total. The van der Waals surface area contributed by atoms with E-state index in [4.69, 9.17) is 0 Å². The van der Waals surface area contributed by atoms with Gasteiger partial charge in [-0.1, -0.05) is 32.1 Å². The van der Waals surface area contributed by atoms with Gasteiger partial charge in [-0.25, -0.2) is 0 Å². The van der Waals surface area contributed by atoms with Crippen LogP contribution in [-0.2, 0) is 0 Å². The topological polar surface area (TPSA) is 0 Å². The number of thiol groups is 1. The van der Waals surface area contributed by atoms with Crippen LogP contribution in [0.25, 0.3) is 6.08 Å². The lowest BCUT2D eigenvalue weighted by molar-refractivity contribution is 1.36. The van der Waals surface area contributed by atoms with Crippen LogP contribution in [0.5, 0.6) is 0 Å². The molecule has 0 saturated heterocycles. The Morgan fingerprint density at radius 2 is 1.85 bits per heavy atom. The van der Waals surface area contributed by atoms with Crippen LogP contribution in [0.15, 0.2) is 29.2 Å². The molecule has 0 unspecified atom stereocenters. The fraction of sp³-hybridized carbons (Fsp3) is 0.333. The molecule has 1 aromatic carbocycles. The summed E-state index contributed by atoms with van der Waals surface area (Å²) in [4.78, 5) is 1.02. The van der Waals surface area contributed by atoms with E-state index in [9.17, 15) is 0 Å². The zero-order valence-electron chi connectivity index (χ0n) is 8.83. The van der Waals surface area contributed by atoms with Crippen molar-refractivity contribution >= 4 is 18.7 Å². The lowest BCUT2D eigenvalue weighted by Crippen LogP contribution is -1.79. The predicted molar refractivity (Wildman–Crippen MR) is 64.5 cm³/mol. The second-order valence-electron chi connectivity index (χ2n) is 2.54. The van der Waals surface area contributed by atoms with E-state index in [2.05, 4.69) is 37.8 Å². The van der Waals surface area contributed by atoms with Crippen LogP contribution in [0.1, 0.15) is 31.9 Å². The summed E-state index contributed by atoms with van der Waals surface area (Å²) in [5, 5.41) is 0. The average Bonchev–Trinajstić information content (AvgIpc) is 2.15. The molecule has 1 rings (SSSR count). The van der Waals surface area contributed by atoms with E-state index in [0.29, 0.717) is 0 Å². The number of hydrogen-bond donors (Lipinski definition) is 1. The Balaban J connectivity index is 0.000000671. The lowest BCUT2D eigenvalue weighted by atomic mass is 10.1. The average molecular weight is 194 g/mol. The van der Waals surface area contributed by atoms with E-state index in [0.717, 1.165) is 4.90 Å². The first-order chi connectivity index (χ1) is 6.24. The summed E-state index contributed by atoms with van der Waals surface area (Å²) >= 11 is 4.26. The van der Waals surface area contributed by atoms with Gasteiger partial charge in [0.05, 0.1) is 0 Å². The molecule has 0 bridgehead atoms. The molecule has 0 nitrogen and oxygen atoms in total. The van der Waals surface area contributed by atoms with Crippen LogP contribution in [0.4, 0.5) is 0 Å². The van der Waals surface area contributed by atoms with Crippen molar-refractivity contribution in [2.45, 2.75) is 32.6 Å². The van der Waals surface area contributed by atoms with Crippen LogP contribution >= 0.6 is 12.6 Å². The Kier molecular flexibility index (Phi) is 6.43. The Morgan fingerprint density at radius 1 is 1.23 bits per heavy atom. The molecule has 0 heterocycles. The van der Waals surface area contributed by atoms with Crippen molar-refractivity contribution in [1.82, 2.24) is 0 Å². The minimum atomic E-state index is 1.02. The third-order valence-corrected chi connectivity index (χ3v) is 1.89. The Morgan fingerprint density at radius 3 is 2.38 bits per heavy atom. The molecule has 0 spiro atoms. The number of rotatable bonds is 1.